The fourth-order valence-electron chi connectivity index (χ4n) is 1.42. The Hall–Kier alpha value is -0.960. The van der Waals surface area contributed by atoms with Gasteiger partial charge in [0.15, 0.2) is 5.82 Å². The molecule has 0 bridgehead atoms. The number of anilines is 1. The quantitative estimate of drug-likeness (QED) is 0.854. The zero-order valence-electron chi connectivity index (χ0n) is 9.84. The first-order valence-electron chi connectivity index (χ1n) is 5.45. The van der Waals surface area contributed by atoms with Crippen LogP contribution in [0.1, 0.15) is 4.88 Å². The fraction of sp³-hybridized carbons (Fsp3) is 0.182. The molecule has 0 spiro atoms. The van der Waals surface area contributed by atoms with Crippen molar-refractivity contribution in [2.75, 3.05) is 11.3 Å². The van der Waals surface area contributed by atoms with E-state index >= 15 is 0 Å². The molecular weight excluding hydrogens is 350 g/mol. The minimum Gasteiger partial charge on any atom is -0.330 e. The lowest BCUT2D eigenvalue weighted by Gasteiger charge is -2.06. The molecule has 0 saturated heterocycles. The van der Waals surface area contributed by atoms with Crippen molar-refractivity contribution in [3.8, 4) is 0 Å². The number of aromatic nitrogens is 1. The molecule has 5 nitrogen and oxygen atoms in total. The molecule has 0 amide bonds. The first-order chi connectivity index (χ1) is 9.03. The van der Waals surface area contributed by atoms with Crippen LogP contribution in [0, 0.1) is 0 Å². The van der Waals surface area contributed by atoms with Gasteiger partial charge in [0.05, 0.1) is 4.47 Å². The van der Waals surface area contributed by atoms with E-state index in [1.807, 2.05) is 0 Å². The van der Waals surface area contributed by atoms with Gasteiger partial charge in [-0.15, -0.1) is 11.3 Å². The summed E-state index contributed by atoms with van der Waals surface area (Å²) in [5, 5.41) is 0. The van der Waals surface area contributed by atoms with Crippen molar-refractivity contribution in [2.45, 2.75) is 10.6 Å². The normalized spacial score (nSPS) is 11.5. The maximum atomic E-state index is 12.2. The molecule has 0 aliphatic rings. The van der Waals surface area contributed by atoms with Gasteiger partial charge < -0.3 is 5.73 Å². The fourth-order valence-corrected chi connectivity index (χ4v) is 4.30. The Morgan fingerprint density at radius 3 is 2.84 bits per heavy atom. The molecule has 0 saturated carbocycles. The second kappa shape index (κ2) is 6.00. The first-order valence-corrected chi connectivity index (χ1v) is 8.54. The molecule has 0 radical (unpaired) electrons. The van der Waals surface area contributed by atoms with E-state index in [0.29, 0.717) is 17.4 Å². The van der Waals surface area contributed by atoms with E-state index in [0.717, 1.165) is 4.88 Å². The van der Waals surface area contributed by atoms with E-state index in [2.05, 4.69) is 25.6 Å². The monoisotopic (exact) mass is 361 g/mol. The third-order valence-electron chi connectivity index (χ3n) is 2.28. The van der Waals surface area contributed by atoms with Crippen molar-refractivity contribution in [1.29, 1.82) is 0 Å². The molecule has 0 aliphatic carbocycles. The molecule has 2 rings (SSSR count). The van der Waals surface area contributed by atoms with E-state index in [1.165, 1.54) is 17.5 Å². The van der Waals surface area contributed by atoms with Crippen molar-refractivity contribution in [2.24, 2.45) is 5.73 Å². The number of rotatable bonds is 5. The number of pyridine rings is 1. The largest absolute Gasteiger partial charge is 0.330 e. The highest BCUT2D eigenvalue weighted by molar-refractivity contribution is 9.10. The van der Waals surface area contributed by atoms with Crippen molar-refractivity contribution < 1.29 is 8.42 Å². The highest BCUT2D eigenvalue weighted by Gasteiger charge is 2.18. The van der Waals surface area contributed by atoms with Crippen LogP contribution in [0.3, 0.4) is 0 Å². The summed E-state index contributed by atoms with van der Waals surface area (Å²) in [5.74, 6) is 0.274. The lowest BCUT2D eigenvalue weighted by Crippen LogP contribution is -2.12. The number of nitrogens with one attached hydrogen (secondary N) is 1. The van der Waals surface area contributed by atoms with Crippen molar-refractivity contribution in [3.63, 3.8) is 0 Å². The van der Waals surface area contributed by atoms with Gasteiger partial charge in [-0.2, -0.15) is 0 Å². The SMILES string of the molecule is NCCc1ccc(S(=O)(=O)Nc2ncccc2Br)s1. The van der Waals surface area contributed by atoms with Gasteiger partial charge in [-0.3, -0.25) is 4.72 Å². The standard InChI is InChI=1S/C11H12BrN3O2S2/c12-9-2-1-7-14-11(9)15-19(16,17)10-4-3-8(18-10)5-6-13/h1-4,7H,5-6,13H2,(H,14,15). The van der Waals surface area contributed by atoms with Crippen LogP contribution in [-0.2, 0) is 16.4 Å². The number of nitrogens with zero attached hydrogens (tertiary/aromatic N) is 1. The van der Waals surface area contributed by atoms with E-state index < -0.39 is 10.0 Å². The van der Waals surface area contributed by atoms with Gasteiger partial charge in [0.2, 0.25) is 0 Å². The molecule has 8 heteroatoms. The third-order valence-corrected chi connectivity index (χ3v) is 5.90. The van der Waals surface area contributed by atoms with Crippen LogP contribution in [0.25, 0.3) is 0 Å². The Labute approximate surface area is 124 Å². The van der Waals surface area contributed by atoms with Gasteiger partial charge in [0, 0.05) is 11.1 Å². The van der Waals surface area contributed by atoms with E-state index in [1.54, 1.807) is 24.3 Å². The van der Waals surface area contributed by atoms with Gasteiger partial charge in [0.25, 0.3) is 10.0 Å². The van der Waals surface area contributed by atoms with Crippen LogP contribution in [0.5, 0.6) is 0 Å². The molecule has 2 heterocycles. The summed E-state index contributed by atoms with van der Waals surface area (Å²) in [5.41, 5.74) is 5.45. The summed E-state index contributed by atoms with van der Waals surface area (Å²) in [6.45, 7) is 0.499. The summed E-state index contributed by atoms with van der Waals surface area (Å²) >= 11 is 4.46. The Morgan fingerprint density at radius 1 is 1.37 bits per heavy atom. The van der Waals surface area contributed by atoms with E-state index in [9.17, 15) is 8.42 Å². The lowest BCUT2D eigenvalue weighted by atomic mass is 10.3. The zero-order chi connectivity index (χ0) is 13.9. The topological polar surface area (TPSA) is 85.1 Å². The van der Waals surface area contributed by atoms with Crippen LogP contribution in [0.15, 0.2) is 39.1 Å². The van der Waals surface area contributed by atoms with Crippen LogP contribution in [0.4, 0.5) is 5.82 Å². The minimum absolute atomic E-state index is 0.258. The zero-order valence-corrected chi connectivity index (χ0v) is 13.1. The van der Waals surface area contributed by atoms with Crippen LogP contribution in [0.2, 0.25) is 0 Å². The van der Waals surface area contributed by atoms with Crippen molar-refractivity contribution in [3.05, 3.63) is 39.8 Å². The van der Waals surface area contributed by atoms with Crippen LogP contribution < -0.4 is 10.5 Å². The molecule has 0 aromatic carbocycles. The maximum Gasteiger partial charge on any atom is 0.272 e. The number of halogens is 1. The summed E-state index contributed by atoms with van der Waals surface area (Å²) in [6.07, 6.45) is 2.20. The highest BCUT2D eigenvalue weighted by atomic mass is 79.9. The summed E-state index contributed by atoms with van der Waals surface area (Å²) in [6, 6.07) is 6.79. The number of hydrogen-bond donors (Lipinski definition) is 2. The predicted molar refractivity (Wildman–Crippen MR) is 79.8 cm³/mol. The molecule has 0 aliphatic heterocycles. The minimum atomic E-state index is -3.60. The number of nitrogens with two attached hydrogens (primary N) is 1. The maximum absolute atomic E-state index is 12.2. The number of hydrogen-bond acceptors (Lipinski definition) is 5. The Kier molecular flexibility index (Phi) is 4.56. The first kappa shape index (κ1) is 14.4. The Balaban J connectivity index is 2.25. The number of thiophene rings is 1. The average molecular weight is 362 g/mol. The number of sulfonamides is 1. The third kappa shape index (κ3) is 3.53. The Morgan fingerprint density at radius 2 is 2.16 bits per heavy atom. The summed E-state index contributed by atoms with van der Waals surface area (Å²) < 4.78 is 27.7. The highest BCUT2D eigenvalue weighted by Crippen LogP contribution is 2.26. The van der Waals surface area contributed by atoms with Gasteiger partial charge >= 0.3 is 0 Å². The second-order valence-corrected chi connectivity index (χ2v) is 7.63. The van der Waals surface area contributed by atoms with Gasteiger partial charge in [-0.1, -0.05) is 0 Å². The van der Waals surface area contributed by atoms with Gasteiger partial charge in [0.1, 0.15) is 4.21 Å². The Bertz CT molecular complexity index is 670. The molecule has 2 aromatic heterocycles. The van der Waals surface area contributed by atoms with Crippen LogP contribution in [-0.4, -0.2) is 19.9 Å². The summed E-state index contributed by atoms with van der Waals surface area (Å²) in [7, 11) is -3.60. The molecule has 102 valence electrons. The van der Waals surface area contributed by atoms with Gasteiger partial charge in [-0.25, -0.2) is 13.4 Å². The van der Waals surface area contributed by atoms with Gasteiger partial charge in [-0.05, 0) is 53.2 Å². The second-order valence-electron chi connectivity index (χ2n) is 3.70. The van der Waals surface area contributed by atoms with E-state index in [4.69, 9.17) is 5.73 Å². The molecule has 19 heavy (non-hydrogen) atoms. The van der Waals surface area contributed by atoms with Crippen molar-refractivity contribution >= 4 is 43.1 Å². The average Bonchev–Trinajstić information content (AvgIpc) is 2.82. The van der Waals surface area contributed by atoms with Crippen molar-refractivity contribution in [1.82, 2.24) is 4.98 Å². The molecule has 3 N–H and O–H groups in total. The lowest BCUT2D eigenvalue weighted by molar-refractivity contribution is 0.603. The predicted octanol–water partition coefficient (Wildman–Crippen LogP) is 2.21. The summed E-state index contributed by atoms with van der Waals surface area (Å²) in [4.78, 5) is 4.93. The smallest absolute Gasteiger partial charge is 0.272 e. The van der Waals surface area contributed by atoms with E-state index in [-0.39, 0.29) is 10.0 Å². The molecule has 0 unspecified atom stereocenters. The molecule has 2 aromatic rings. The van der Waals surface area contributed by atoms with Crippen LogP contribution >= 0.6 is 27.3 Å². The molecular formula is C11H12BrN3O2S2. The molecule has 0 atom stereocenters. The molecule has 0 fully saturated rings.